The minimum absolute atomic E-state index is 0.112. The first-order chi connectivity index (χ1) is 4.75. The number of aromatic hydroxyl groups is 1. The molecule has 0 aliphatic heterocycles. The number of aromatic nitrogens is 1. The molecule has 4 nitrogen and oxygen atoms in total. The lowest BCUT2D eigenvalue weighted by Gasteiger charge is -2.05. The van der Waals surface area contributed by atoms with Gasteiger partial charge in [0.2, 0.25) is 0 Å². The number of nitrogens with zero attached hydrogens (tertiary/aromatic N) is 1. The van der Waals surface area contributed by atoms with Gasteiger partial charge in [0.25, 0.3) is 0 Å². The number of rotatable bonds is 2. The average Bonchev–Trinajstić information content (AvgIpc) is 2.20. The first kappa shape index (κ1) is 6.80. The number of nitrogens with two attached hydrogens (primary N) is 1. The van der Waals surface area contributed by atoms with Crippen molar-refractivity contribution < 1.29 is 5.11 Å². The number of hydrogen-bond donors (Lipinski definition) is 3. The van der Waals surface area contributed by atoms with Crippen molar-refractivity contribution in [1.82, 2.24) is 4.68 Å². The van der Waals surface area contributed by atoms with E-state index in [0.29, 0.717) is 5.82 Å². The summed E-state index contributed by atoms with van der Waals surface area (Å²) in [5.74, 6) is 0.461. The van der Waals surface area contributed by atoms with E-state index in [-0.39, 0.29) is 5.75 Å². The predicted molar refractivity (Wildman–Crippen MR) is 40.4 cm³/mol. The summed E-state index contributed by atoms with van der Waals surface area (Å²) in [5, 5.41) is 8.98. The van der Waals surface area contributed by atoms with Gasteiger partial charge in [0.05, 0.1) is 0 Å². The van der Waals surface area contributed by atoms with E-state index in [0.717, 1.165) is 6.54 Å². The Morgan fingerprint density at radius 3 is 2.90 bits per heavy atom. The normalized spacial score (nSPS) is 9.70. The zero-order valence-corrected chi connectivity index (χ0v) is 5.83. The SMILES string of the molecule is CCNn1ccc(O)c1N. The van der Waals surface area contributed by atoms with Gasteiger partial charge >= 0.3 is 0 Å². The largest absolute Gasteiger partial charge is 0.504 e. The molecule has 1 rings (SSSR count). The minimum Gasteiger partial charge on any atom is -0.504 e. The number of hydrogen-bond acceptors (Lipinski definition) is 3. The Morgan fingerprint density at radius 2 is 2.50 bits per heavy atom. The average molecular weight is 141 g/mol. The molecule has 0 saturated carbocycles. The highest BCUT2D eigenvalue weighted by molar-refractivity contribution is 5.47. The second kappa shape index (κ2) is 2.51. The molecule has 4 N–H and O–H groups in total. The lowest BCUT2D eigenvalue weighted by molar-refractivity contribution is 0.478. The van der Waals surface area contributed by atoms with Crippen LogP contribution in [0.2, 0.25) is 0 Å². The van der Waals surface area contributed by atoms with Gasteiger partial charge in [0.1, 0.15) is 0 Å². The van der Waals surface area contributed by atoms with Crippen LogP contribution in [0.4, 0.5) is 5.82 Å². The predicted octanol–water partition coefficient (Wildman–Crippen LogP) is 0.339. The number of anilines is 1. The molecule has 0 unspecified atom stereocenters. The Labute approximate surface area is 59.2 Å². The van der Waals surface area contributed by atoms with Gasteiger partial charge in [0.15, 0.2) is 11.6 Å². The fourth-order valence-electron chi connectivity index (χ4n) is 0.742. The third-order valence-electron chi connectivity index (χ3n) is 1.23. The van der Waals surface area contributed by atoms with E-state index in [1.54, 1.807) is 10.9 Å². The first-order valence-corrected chi connectivity index (χ1v) is 3.15. The van der Waals surface area contributed by atoms with Crippen LogP contribution in [0, 0.1) is 0 Å². The molecule has 10 heavy (non-hydrogen) atoms. The monoisotopic (exact) mass is 141 g/mol. The van der Waals surface area contributed by atoms with Crippen LogP contribution in [0.5, 0.6) is 5.75 Å². The summed E-state index contributed by atoms with van der Waals surface area (Å²) in [5.41, 5.74) is 8.37. The van der Waals surface area contributed by atoms with Gasteiger partial charge in [-0.1, -0.05) is 0 Å². The minimum atomic E-state index is 0.112. The maximum absolute atomic E-state index is 8.98. The van der Waals surface area contributed by atoms with Crippen LogP contribution in [-0.2, 0) is 0 Å². The summed E-state index contributed by atoms with van der Waals surface area (Å²) >= 11 is 0. The van der Waals surface area contributed by atoms with Crippen molar-refractivity contribution in [3.8, 4) is 5.75 Å². The molecular weight excluding hydrogens is 130 g/mol. The van der Waals surface area contributed by atoms with Crippen LogP contribution in [0.15, 0.2) is 12.3 Å². The fourth-order valence-corrected chi connectivity index (χ4v) is 0.742. The van der Waals surface area contributed by atoms with E-state index in [1.807, 2.05) is 6.92 Å². The Balaban J connectivity index is 2.83. The van der Waals surface area contributed by atoms with Gasteiger partial charge in [-0.25, -0.2) is 4.68 Å². The Morgan fingerprint density at radius 1 is 1.80 bits per heavy atom. The molecule has 1 aromatic rings. The molecule has 0 aliphatic rings. The van der Waals surface area contributed by atoms with Crippen LogP contribution in [-0.4, -0.2) is 16.3 Å². The zero-order chi connectivity index (χ0) is 7.56. The van der Waals surface area contributed by atoms with E-state index < -0.39 is 0 Å². The highest BCUT2D eigenvalue weighted by Crippen LogP contribution is 2.18. The second-order valence-corrected chi connectivity index (χ2v) is 1.97. The molecule has 0 atom stereocenters. The molecule has 0 aliphatic carbocycles. The van der Waals surface area contributed by atoms with Crippen molar-refractivity contribution in [3.05, 3.63) is 12.3 Å². The maximum Gasteiger partial charge on any atom is 0.165 e. The Bertz CT molecular complexity index is 219. The van der Waals surface area contributed by atoms with Crippen molar-refractivity contribution in [2.24, 2.45) is 0 Å². The zero-order valence-electron chi connectivity index (χ0n) is 5.83. The van der Waals surface area contributed by atoms with Crippen molar-refractivity contribution in [2.45, 2.75) is 6.92 Å². The first-order valence-electron chi connectivity index (χ1n) is 3.15. The van der Waals surface area contributed by atoms with Gasteiger partial charge < -0.3 is 16.3 Å². The van der Waals surface area contributed by atoms with E-state index in [2.05, 4.69) is 5.43 Å². The van der Waals surface area contributed by atoms with Gasteiger partial charge in [-0.05, 0) is 6.92 Å². The van der Waals surface area contributed by atoms with Crippen molar-refractivity contribution >= 4 is 5.82 Å². The molecule has 0 bridgehead atoms. The lowest BCUT2D eigenvalue weighted by Crippen LogP contribution is -2.14. The van der Waals surface area contributed by atoms with E-state index in [4.69, 9.17) is 10.8 Å². The molecule has 0 amide bonds. The van der Waals surface area contributed by atoms with E-state index in [9.17, 15) is 0 Å². The maximum atomic E-state index is 8.98. The third kappa shape index (κ3) is 1.00. The highest BCUT2D eigenvalue weighted by Gasteiger charge is 2.00. The molecular formula is C6H11N3O. The number of nitrogen functional groups attached to an aromatic ring is 1. The standard InChI is InChI=1S/C6H11N3O/c1-2-8-9-4-3-5(10)6(9)7/h3-4,8,10H,2,7H2,1H3. The Kier molecular flexibility index (Phi) is 1.71. The summed E-state index contributed by atoms with van der Waals surface area (Å²) in [6.07, 6.45) is 1.67. The molecule has 1 heterocycles. The highest BCUT2D eigenvalue weighted by atomic mass is 16.3. The molecule has 0 radical (unpaired) electrons. The van der Waals surface area contributed by atoms with Crippen molar-refractivity contribution in [1.29, 1.82) is 0 Å². The summed E-state index contributed by atoms with van der Waals surface area (Å²) in [4.78, 5) is 0. The summed E-state index contributed by atoms with van der Waals surface area (Å²) in [6.45, 7) is 2.73. The summed E-state index contributed by atoms with van der Waals surface area (Å²) in [7, 11) is 0. The molecule has 0 fully saturated rings. The summed E-state index contributed by atoms with van der Waals surface area (Å²) < 4.78 is 1.58. The van der Waals surface area contributed by atoms with E-state index in [1.165, 1.54) is 6.07 Å². The smallest absolute Gasteiger partial charge is 0.165 e. The van der Waals surface area contributed by atoms with Crippen LogP contribution >= 0.6 is 0 Å². The van der Waals surface area contributed by atoms with Crippen LogP contribution in [0.1, 0.15) is 6.92 Å². The van der Waals surface area contributed by atoms with Crippen molar-refractivity contribution in [3.63, 3.8) is 0 Å². The molecule has 0 spiro atoms. The quantitative estimate of drug-likeness (QED) is 0.556. The lowest BCUT2D eigenvalue weighted by atomic mass is 10.6. The molecule has 56 valence electrons. The van der Waals surface area contributed by atoms with E-state index >= 15 is 0 Å². The van der Waals surface area contributed by atoms with Gasteiger partial charge in [-0.15, -0.1) is 0 Å². The van der Waals surface area contributed by atoms with Crippen molar-refractivity contribution in [2.75, 3.05) is 17.7 Å². The van der Waals surface area contributed by atoms with Crippen LogP contribution in [0.25, 0.3) is 0 Å². The summed E-state index contributed by atoms with van der Waals surface area (Å²) in [6, 6.07) is 1.54. The molecule has 4 heteroatoms. The second-order valence-electron chi connectivity index (χ2n) is 1.97. The molecule has 0 aromatic carbocycles. The van der Waals surface area contributed by atoms with Gasteiger partial charge in [-0.3, -0.25) is 0 Å². The number of nitrogens with one attached hydrogen (secondary N) is 1. The van der Waals surface area contributed by atoms with Gasteiger partial charge in [0, 0.05) is 18.8 Å². The Hall–Kier alpha value is -1.32. The van der Waals surface area contributed by atoms with Crippen LogP contribution in [0.3, 0.4) is 0 Å². The fraction of sp³-hybridized carbons (Fsp3) is 0.333. The van der Waals surface area contributed by atoms with Gasteiger partial charge in [-0.2, -0.15) is 0 Å². The molecule has 1 aromatic heterocycles. The molecule has 0 saturated heterocycles. The van der Waals surface area contributed by atoms with Crippen LogP contribution < -0.4 is 11.2 Å². The topological polar surface area (TPSA) is 63.2 Å². The third-order valence-corrected chi connectivity index (χ3v) is 1.23.